The van der Waals surface area contributed by atoms with E-state index in [9.17, 15) is 31.7 Å². The standard InChI is InChI=1S/C48H43NO9S2/c1-6-56-46(51)48(32-49,36-11-7-33(2)8-12-36)37-13-23-42(24-14-37)59(52,53)43-25-19-40(20-26-43)58-41-21-29-45(30-22-41)60(54,55)44-27-17-39(18-28-44)57-38-15-9-35(10-16-38)31-47(4,5)34(3)50/h7-30H,6,31H2,1-5H3. The van der Waals surface area contributed by atoms with Gasteiger partial charge < -0.3 is 14.2 Å². The van der Waals surface area contributed by atoms with Crippen molar-refractivity contribution >= 4 is 31.4 Å². The number of hydrogen-bond donors (Lipinski definition) is 0. The highest BCUT2D eigenvalue weighted by Gasteiger charge is 2.44. The van der Waals surface area contributed by atoms with E-state index in [0.29, 0.717) is 35.0 Å². The van der Waals surface area contributed by atoms with E-state index in [1.807, 2.05) is 45.0 Å². The Hall–Kier alpha value is -6.55. The van der Waals surface area contributed by atoms with Gasteiger partial charge in [-0.25, -0.2) is 21.6 Å². The summed E-state index contributed by atoms with van der Waals surface area (Å²) in [6.45, 7) is 8.99. The second kappa shape index (κ2) is 17.4. The molecule has 6 aromatic carbocycles. The first-order chi connectivity index (χ1) is 28.5. The van der Waals surface area contributed by atoms with Crippen molar-refractivity contribution < 1.29 is 40.6 Å². The molecule has 1 unspecified atom stereocenters. The normalized spacial score (nSPS) is 12.7. The van der Waals surface area contributed by atoms with Crippen molar-refractivity contribution in [1.82, 2.24) is 0 Å². The van der Waals surface area contributed by atoms with Crippen molar-refractivity contribution in [2.75, 3.05) is 6.61 Å². The van der Waals surface area contributed by atoms with Crippen LogP contribution in [0.4, 0.5) is 0 Å². The van der Waals surface area contributed by atoms with Crippen LogP contribution in [0.25, 0.3) is 0 Å². The molecule has 0 N–H and O–H groups in total. The highest BCUT2D eigenvalue weighted by Crippen LogP contribution is 2.36. The Balaban J connectivity index is 1.10. The molecule has 6 aromatic rings. The van der Waals surface area contributed by atoms with Gasteiger partial charge in [0.25, 0.3) is 0 Å². The van der Waals surface area contributed by atoms with Gasteiger partial charge in [0.05, 0.1) is 32.3 Å². The van der Waals surface area contributed by atoms with Gasteiger partial charge in [-0.15, -0.1) is 0 Å². The Bertz CT molecular complexity index is 2760. The Morgan fingerprint density at radius 2 is 0.900 bits per heavy atom. The van der Waals surface area contributed by atoms with E-state index in [-0.39, 0.29) is 37.5 Å². The lowest BCUT2D eigenvalue weighted by atomic mass is 9.75. The lowest BCUT2D eigenvalue weighted by Crippen LogP contribution is -2.37. The number of carbonyl (C=O) groups excluding carboxylic acids is 2. The summed E-state index contributed by atoms with van der Waals surface area (Å²) in [4.78, 5) is 25.2. The molecule has 60 heavy (non-hydrogen) atoms. The summed E-state index contributed by atoms with van der Waals surface area (Å²) < 4.78 is 71.2. The number of sulfone groups is 2. The van der Waals surface area contributed by atoms with E-state index in [1.165, 1.54) is 84.9 Å². The number of esters is 1. The number of benzene rings is 6. The van der Waals surface area contributed by atoms with Crippen molar-refractivity contribution in [3.05, 3.63) is 168 Å². The lowest BCUT2D eigenvalue weighted by molar-refractivity contribution is -0.146. The molecule has 0 fully saturated rings. The van der Waals surface area contributed by atoms with Gasteiger partial charge in [-0.3, -0.25) is 4.79 Å². The molecule has 0 aliphatic carbocycles. The fourth-order valence-electron chi connectivity index (χ4n) is 6.42. The summed E-state index contributed by atoms with van der Waals surface area (Å²) in [5.74, 6) is 1.03. The first-order valence-electron chi connectivity index (χ1n) is 19.0. The minimum absolute atomic E-state index is 0.0147. The van der Waals surface area contributed by atoms with Crippen LogP contribution in [0.2, 0.25) is 0 Å². The first-order valence-corrected chi connectivity index (χ1v) is 22.0. The zero-order valence-electron chi connectivity index (χ0n) is 33.7. The SMILES string of the molecule is CCOC(=O)C(C#N)(c1ccc(C)cc1)c1ccc(S(=O)(=O)c2ccc(Oc3ccc(S(=O)(=O)c4ccc(Oc5ccc(CC(C)(C)C(C)=O)cc5)cc4)cc3)cc2)cc1. The fourth-order valence-corrected chi connectivity index (χ4v) is 8.94. The van der Waals surface area contributed by atoms with Crippen molar-refractivity contribution in [3.63, 3.8) is 0 Å². The van der Waals surface area contributed by atoms with Gasteiger partial charge in [0.15, 0.2) is 0 Å². The molecule has 306 valence electrons. The number of aryl methyl sites for hydroxylation is 1. The number of nitriles is 1. The topological polar surface area (TPSA) is 154 Å². The largest absolute Gasteiger partial charge is 0.464 e. The number of hydrogen-bond acceptors (Lipinski definition) is 10. The monoisotopic (exact) mass is 841 g/mol. The van der Waals surface area contributed by atoms with Crippen LogP contribution in [0.1, 0.15) is 49.9 Å². The smallest absolute Gasteiger partial charge is 0.335 e. The van der Waals surface area contributed by atoms with Gasteiger partial charge in [0, 0.05) is 5.41 Å². The lowest BCUT2D eigenvalue weighted by Gasteiger charge is -2.26. The van der Waals surface area contributed by atoms with E-state index >= 15 is 0 Å². The molecule has 10 nitrogen and oxygen atoms in total. The predicted octanol–water partition coefficient (Wildman–Crippen LogP) is 9.78. The number of rotatable bonds is 15. The number of nitrogens with zero attached hydrogens (tertiary/aromatic N) is 1. The molecule has 0 aliphatic rings. The molecule has 0 aliphatic heterocycles. The number of ether oxygens (including phenoxy) is 3. The molecule has 0 aromatic heterocycles. The maximum atomic E-state index is 13.6. The van der Waals surface area contributed by atoms with Gasteiger partial charge in [-0.2, -0.15) is 5.26 Å². The number of Topliss-reactive ketones (excluding diaryl/α,β-unsaturated/α-hetero) is 1. The second-order valence-corrected chi connectivity index (χ2v) is 18.8. The van der Waals surface area contributed by atoms with Crippen LogP contribution in [0.15, 0.2) is 165 Å². The minimum atomic E-state index is -4.01. The zero-order chi connectivity index (χ0) is 43.3. The molecule has 0 bridgehead atoms. The zero-order valence-corrected chi connectivity index (χ0v) is 35.3. The van der Waals surface area contributed by atoms with Crippen molar-refractivity contribution in [2.24, 2.45) is 5.41 Å². The highest BCUT2D eigenvalue weighted by atomic mass is 32.2. The molecule has 0 saturated carbocycles. The van der Waals surface area contributed by atoms with Crippen LogP contribution in [-0.4, -0.2) is 35.2 Å². The molecule has 0 heterocycles. The van der Waals surface area contributed by atoms with Gasteiger partial charge in [0.1, 0.15) is 28.8 Å². The molecule has 0 saturated heterocycles. The maximum Gasteiger partial charge on any atom is 0.335 e. The van der Waals surface area contributed by atoms with Gasteiger partial charge in [-0.1, -0.05) is 67.9 Å². The molecular formula is C48H43NO9S2. The van der Waals surface area contributed by atoms with Crippen LogP contribution < -0.4 is 9.47 Å². The second-order valence-electron chi connectivity index (χ2n) is 14.9. The first kappa shape index (κ1) is 43.0. The minimum Gasteiger partial charge on any atom is -0.464 e. The van der Waals surface area contributed by atoms with Crippen molar-refractivity contribution in [3.8, 4) is 29.1 Å². The van der Waals surface area contributed by atoms with Gasteiger partial charge >= 0.3 is 5.97 Å². The summed E-state index contributed by atoms with van der Waals surface area (Å²) in [7, 11) is -7.89. The van der Waals surface area contributed by atoms with Crippen LogP contribution in [0.5, 0.6) is 23.0 Å². The maximum absolute atomic E-state index is 13.6. The third-order valence-electron chi connectivity index (χ3n) is 10.2. The van der Waals surface area contributed by atoms with Crippen molar-refractivity contribution in [2.45, 2.75) is 66.0 Å². The summed E-state index contributed by atoms with van der Waals surface area (Å²) in [6.07, 6.45) is 0.602. The fraction of sp³-hybridized carbons (Fsp3) is 0.188. The molecule has 12 heteroatoms. The van der Waals surface area contributed by atoms with Gasteiger partial charge in [0.2, 0.25) is 25.1 Å². The Morgan fingerprint density at radius 3 is 1.23 bits per heavy atom. The third kappa shape index (κ3) is 9.03. The summed E-state index contributed by atoms with van der Waals surface area (Å²) in [5.41, 5.74) is 0.339. The van der Waals surface area contributed by atoms with Gasteiger partial charge in [-0.05, 0) is 141 Å². The summed E-state index contributed by atoms with van der Waals surface area (Å²) in [6, 6.07) is 39.8. The Labute approximate surface area is 350 Å². The molecule has 0 spiro atoms. The van der Waals surface area contributed by atoms with E-state index < -0.39 is 36.5 Å². The Morgan fingerprint density at radius 1 is 0.567 bits per heavy atom. The molecule has 0 radical (unpaired) electrons. The van der Waals surface area contributed by atoms with Crippen LogP contribution in [-0.2, 0) is 45.8 Å². The highest BCUT2D eigenvalue weighted by molar-refractivity contribution is 7.91. The molecular weight excluding hydrogens is 799 g/mol. The molecule has 0 amide bonds. The number of ketones is 1. The van der Waals surface area contributed by atoms with Crippen LogP contribution in [0.3, 0.4) is 0 Å². The number of carbonyl (C=O) groups is 2. The van der Waals surface area contributed by atoms with Crippen LogP contribution in [0, 0.1) is 23.7 Å². The quantitative estimate of drug-likeness (QED) is 0.0913. The third-order valence-corrected chi connectivity index (χ3v) is 13.8. The summed E-state index contributed by atoms with van der Waals surface area (Å²) in [5, 5.41) is 10.3. The van der Waals surface area contributed by atoms with Crippen molar-refractivity contribution in [1.29, 1.82) is 5.26 Å². The van der Waals surface area contributed by atoms with E-state index in [0.717, 1.165) is 11.1 Å². The molecule has 1 atom stereocenters. The predicted molar refractivity (Wildman–Crippen MR) is 226 cm³/mol. The molecule has 6 rings (SSSR count). The summed E-state index contributed by atoms with van der Waals surface area (Å²) >= 11 is 0. The average molecular weight is 842 g/mol. The van der Waals surface area contributed by atoms with E-state index in [1.54, 1.807) is 50.2 Å². The average Bonchev–Trinajstić information content (AvgIpc) is 3.23. The Kier molecular flexibility index (Phi) is 12.4. The van der Waals surface area contributed by atoms with E-state index in [4.69, 9.17) is 14.2 Å². The van der Waals surface area contributed by atoms with E-state index in [2.05, 4.69) is 6.07 Å². The van der Waals surface area contributed by atoms with Crippen LogP contribution >= 0.6 is 0 Å².